The van der Waals surface area contributed by atoms with Gasteiger partial charge in [0.25, 0.3) is 0 Å². The lowest BCUT2D eigenvalue weighted by atomic mass is 10.1. The van der Waals surface area contributed by atoms with Gasteiger partial charge >= 0.3 is 11.9 Å². The van der Waals surface area contributed by atoms with Crippen LogP contribution in [0.5, 0.6) is 0 Å². The molecule has 0 aromatic heterocycles. The second-order valence-corrected chi connectivity index (χ2v) is 6.80. The molecule has 4 nitrogen and oxygen atoms in total. The van der Waals surface area contributed by atoms with Gasteiger partial charge < -0.3 is 9.47 Å². The number of esters is 2. The Kier molecular flexibility index (Phi) is 9.93. The predicted octanol–water partition coefficient (Wildman–Crippen LogP) is 4.26. The van der Waals surface area contributed by atoms with Crippen LogP contribution in [-0.4, -0.2) is 25.2 Å². The van der Waals surface area contributed by atoms with Gasteiger partial charge in [-0.2, -0.15) is 0 Å². The van der Waals surface area contributed by atoms with E-state index in [1.807, 2.05) is 0 Å². The summed E-state index contributed by atoms with van der Waals surface area (Å²) < 4.78 is 10.4. The van der Waals surface area contributed by atoms with Crippen molar-refractivity contribution in [3.63, 3.8) is 0 Å². The van der Waals surface area contributed by atoms with E-state index in [9.17, 15) is 9.59 Å². The summed E-state index contributed by atoms with van der Waals surface area (Å²) in [5.74, 6) is 0.944. The SMILES string of the molecule is CC(C)CCCOC(=O)CCCCC(=O)OCC1CCCC1. The number of hydrogen-bond acceptors (Lipinski definition) is 4. The van der Waals surface area contributed by atoms with Crippen molar-refractivity contribution in [2.45, 2.75) is 78.1 Å². The van der Waals surface area contributed by atoms with E-state index in [0.717, 1.165) is 12.8 Å². The van der Waals surface area contributed by atoms with Gasteiger partial charge in [-0.15, -0.1) is 0 Å². The molecule has 0 heterocycles. The van der Waals surface area contributed by atoms with Crippen molar-refractivity contribution in [2.75, 3.05) is 13.2 Å². The molecule has 1 aliphatic carbocycles. The topological polar surface area (TPSA) is 52.6 Å². The zero-order chi connectivity index (χ0) is 16.2. The third-order valence-electron chi connectivity index (χ3n) is 4.16. The fourth-order valence-corrected chi connectivity index (χ4v) is 2.75. The van der Waals surface area contributed by atoms with Crippen LogP contribution >= 0.6 is 0 Å². The number of carbonyl (C=O) groups is 2. The average molecular weight is 312 g/mol. The molecule has 0 aromatic rings. The van der Waals surface area contributed by atoms with Gasteiger partial charge in [-0.25, -0.2) is 0 Å². The fraction of sp³-hybridized carbons (Fsp3) is 0.889. The molecule has 0 aromatic carbocycles. The lowest BCUT2D eigenvalue weighted by Crippen LogP contribution is -2.12. The molecule has 128 valence electrons. The second-order valence-electron chi connectivity index (χ2n) is 6.80. The van der Waals surface area contributed by atoms with Gasteiger partial charge in [-0.05, 0) is 50.4 Å². The molecule has 0 unspecified atom stereocenters. The molecule has 1 fully saturated rings. The molecule has 0 spiro atoms. The number of rotatable bonds is 11. The van der Waals surface area contributed by atoms with Gasteiger partial charge in [0.1, 0.15) is 0 Å². The summed E-state index contributed by atoms with van der Waals surface area (Å²) in [6.45, 7) is 5.42. The normalized spacial score (nSPS) is 15.2. The Hall–Kier alpha value is -1.06. The van der Waals surface area contributed by atoms with Crippen LogP contribution in [0.15, 0.2) is 0 Å². The zero-order valence-electron chi connectivity index (χ0n) is 14.3. The van der Waals surface area contributed by atoms with Crippen LogP contribution in [0.25, 0.3) is 0 Å². The Morgan fingerprint density at radius 1 is 0.955 bits per heavy atom. The highest BCUT2D eigenvalue weighted by Crippen LogP contribution is 2.24. The number of unbranched alkanes of at least 4 members (excludes halogenated alkanes) is 1. The van der Waals surface area contributed by atoms with Crippen molar-refractivity contribution in [1.29, 1.82) is 0 Å². The van der Waals surface area contributed by atoms with Crippen molar-refractivity contribution in [3.8, 4) is 0 Å². The second kappa shape index (κ2) is 11.5. The molecular weight excluding hydrogens is 280 g/mol. The summed E-state index contributed by atoms with van der Waals surface area (Å²) in [5, 5.41) is 0. The summed E-state index contributed by atoms with van der Waals surface area (Å²) in [4.78, 5) is 23.1. The first-order chi connectivity index (χ1) is 10.6. The third-order valence-corrected chi connectivity index (χ3v) is 4.16. The molecule has 0 saturated heterocycles. The van der Waals surface area contributed by atoms with E-state index >= 15 is 0 Å². The molecule has 0 bridgehead atoms. The molecule has 0 N–H and O–H groups in total. The van der Waals surface area contributed by atoms with Crippen molar-refractivity contribution in [2.24, 2.45) is 11.8 Å². The molecular formula is C18H32O4. The summed E-state index contributed by atoms with van der Waals surface area (Å²) >= 11 is 0. The lowest BCUT2D eigenvalue weighted by molar-refractivity contribution is -0.146. The quantitative estimate of drug-likeness (QED) is 0.422. The molecule has 0 radical (unpaired) electrons. The number of hydrogen-bond donors (Lipinski definition) is 0. The van der Waals surface area contributed by atoms with Crippen molar-refractivity contribution >= 4 is 11.9 Å². The average Bonchev–Trinajstić information content (AvgIpc) is 2.99. The van der Waals surface area contributed by atoms with Crippen LogP contribution in [0.3, 0.4) is 0 Å². The minimum atomic E-state index is -0.150. The van der Waals surface area contributed by atoms with Gasteiger partial charge in [0.05, 0.1) is 13.2 Å². The molecule has 4 heteroatoms. The summed E-state index contributed by atoms with van der Waals surface area (Å²) in [6.07, 6.45) is 9.13. The third kappa shape index (κ3) is 9.80. The molecule has 1 saturated carbocycles. The maximum absolute atomic E-state index is 11.6. The molecule has 0 atom stereocenters. The van der Waals surface area contributed by atoms with Gasteiger partial charge in [0, 0.05) is 12.8 Å². The fourth-order valence-electron chi connectivity index (χ4n) is 2.75. The zero-order valence-corrected chi connectivity index (χ0v) is 14.3. The van der Waals surface area contributed by atoms with E-state index < -0.39 is 0 Å². The molecule has 0 amide bonds. The van der Waals surface area contributed by atoms with E-state index in [0.29, 0.717) is 50.7 Å². The molecule has 0 aliphatic heterocycles. The Morgan fingerprint density at radius 3 is 2.14 bits per heavy atom. The molecule has 1 aliphatic rings. The highest BCUT2D eigenvalue weighted by Gasteiger charge is 2.16. The standard InChI is InChI=1S/C18H32O4/c1-15(2)8-7-13-21-17(19)11-5-6-12-18(20)22-14-16-9-3-4-10-16/h15-16H,3-14H2,1-2H3. The van der Waals surface area contributed by atoms with E-state index in [1.165, 1.54) is 25.7 Å². The van der Waals surface area contributed by atoms with Crippen LogP contribution in [0, 0.1) is 11.8 Å². The van der Waals surface area contributed by atoms with E-state index in [1.54, 1.807) is 0 Å². The smallest absolute Gasteiger partial charge is 0.305 e. The first-order valence-electron chi connectivity index (χ1n) is 8.89. The van der Waals surface area contributed by atoms with Gasteiger partial charge in [0.15, 0.2) is 0 Å². The molecule has 1 rings (SSSR count). The van der Waals surface area contributed by atoms with E-state index in [4.69, 9.17) is 9.47 Å². The summed E-state index contributed by atoms with van der Waals surface area (Å²) in [7, 11) is 0. The summed E-state index contributed by atoms with van der Waals surface area (Å²) in [5.41, 5.74) is 0. The minimum Gasteiger partial charge on any atom is -0.466 e. The first-order valence-corrected chi connectivity index (χ1v) is 8.89. The van der Waals surface area contributed by atoms with E-state index in [2.05, 4.69) is 13.8 Å². The van der Waals surface area contributed by atoms with Crippen LogP contribution in [0.1, 0.15) is 78.1 Å². The van der Waals surface area contributed by atoms with Gasteiger partial charge in [-0.1, -0.05) is 26.7 Å². The van der Waals surface area contributed by atoms with Gasteiger partial charge in [0.2, 0.25) is 0 Å². The van der Waals surface area contributed by atoms with E-state index in [-0.39, 0.29) is 11.9 Å². The number of carbonyl (C=O) groups excluding carboxylic acids is 2. The van der Waals surface area contributed by atoms with Crippen molar-refractivity contribution in [1.82, 2.24) is 0 Å². The van der Waals surface area contributed by atoms with Crippen LogP contribution in [0.2, 0.25) is 0 Å². The van der Waals surface area contributed by atoms with Crippen molar-refractivity contribution < 1.29 is 19.1 Å². The largest absolute Gasteiger partial charge is 0.466 e. The minimum absolute atomic E-state index is 0.128. The highest BCUT2D eigenvalue weighted by molar-refractivity contribution is 5.70. The van der Waals surface area contributed by atoms with Crippen LogP contribution < -0.4 is 0 Å². The Labute approximate surface area is 134 Å². The maximum Gasteiger partial charge on any atom is 0.305 e. The maximum atomic E-state index is 11.6. The van der Waals surface area contributed by atoms with Crippen LogP contribution in [0.4, 0.5) is 0 Å². The van der Waals surface area contributed by atoms with Crippen LogP contribution in [-0.2, 0) is 19.1 Å². The Bertz CT molecular complexity index is 319. The molecule has 22 heavy (non-hydrogen) atoms. The highest BCUT2D eigenvalue weighted by atomic mass is 16.5. The summed E-state index contributed by atoms with van der Waals surface area (Å²) in [6, 6.07) is 0. The van der Waals surface area contributed by atoms with Crippen molar-refractivity contribution in [3.05, 3.63) is 0 Å². The van der Waals surface area contributed by atoms with Gasteiger partial charge in [-0.3, -0.25) is 9.59 Å². The monoisotopic (exact) mass is 312 g/mol. The predicted molar refractivity (Wildman–Crippen MR) is 86.4 cm³/mol. The Balaban J connectivity index is 1.90. The Morgan fingerprint density at radius 2 is 1.55 bits per heavy atom. The first kappa shape index (κ1) is 19.0. The lowest BCUT2D eigenvalue weighted by Gasteiger charge is -2.10. The number of ether oxygens (including phenoxy) is 2.